The molecule has 0 bridgehead atoms. The Balaban J connectivity index is 1.46. The number of benzene rings is 1. The number of carbonyl (C=O) groups excluding carboxylic acids is 1. The number of hydrogen-bond donors (Lipinski definition) is 1. The topological polar surface area (TPSA) is 74.0 Å². The van der Waals surface area contributed by atoms with Gasteiger partial charge >= 0.3 is 0 Å². The van der Waals surface area contributed by atoms with E-state index in [1.807, 2.05) is 18.3 Å². The second-order valence-corrected chi connectivity index (χ2v) is 6.57. The van der Waals surface area contributed by atoms with E-state index in [1.54, 1.807) is 40.1 Å². The molecule has 3 aromatic rings. The maximum Gasteiger partial charge on any atom is 0.226 e. The molecule has 3 rings (SSSR count). The minimum atomic E-state index is -0.109. The van der Waals surface area contributed by atoms with Crippen LogP contribution in [0.15, 0.2) is 53.5 Å². The van der Waals surface area contributed by atoms with Crippen molar-refractivity contribution in [3.8, 4) is 5.75 Å². The third kappa shape index (κ3) is 5.33. The predicted molar refractivity (Wildman–Crippen MR) is 97.5 cm³/mol. The van der Waals surface area contributed by atoms with E-state index < -0.39 is 0 Å². The summed E-state index contributed by atoms with van der Waals surface area (Å²) in [6.45, 7) is 0.723. The maximum atomic E-state index is 12.0. The number of ether oxygens (including phenoxy) is 1. The van der Waals surface area contributed by atoms with E-state index in [0.717, 1.165) is 4.47 Å². The van der Waals surface area contributed by atoms with E-state index >= 15 is 0 Å². The minimum absolute atomic E-state index is 0.109. The molecule has 1 aromatic carbocycles. The molecule has 2 heterocycles. The molecule has 0 saturated heterocycles. The zero-order chi connectivity index (χ0) is 17.6. The largest absolute Gasteiger partial charge is 0.471 e. The number of amides is 1. The standard InChI is InChI=1S/C16H15BrClN5O2/c17-12-7-19-22(9-12)5-4-16(24)21-14-8-20-23(10-14)11-25-15-3-1-2-13(18)6-15/h1-3,6-10H,4-5,11H2,(H,21,24). The van der Waals surface area contributed by atoms with Crippen molar-refractivity contribution in [1.29, 1.82) is 0 Å². The average Bonchev–Trinajstić information content (AvgIpc) is 3.20. The fraction of sp³-hybridized carbons (Fsp3) is 0.188. The van der Waals surface area contributed by atoms with Crippen molar-refractivity contribution < 1.29 is 9.53 Å². The molecule has 0 atom stereocenters. The molecule has 2 aromatic heterocycles. The average molecular weight is 425 g/mol. The Bertz CT molecular complexity index is 864. The van der Waals surface area contributed by atoms with Gasteiger partial charge in [-0.05, 0) is 34.1 Å². The molecule has 130 valence electrons. The summed E-state index contributed by atoms with van der Waals surface area (Å²) in [7, 11) is 0. The molecular weight excluding hydrogens is 410 g/mol. The Morgan fingerprint density at radius 2 is 2.08 bits per heavy atom. The van der Waals surface area contributed by atoms with Gasteiger partial charge in [0, 0.05) is 24.2 Å². The molecule has 0 spiro atoms. The van der Waals surface area contributed by atoms with E-state index in [9.17, 15) is 4.79 Å². The number of halogens is 2. The Morgan fingerprint density at radius 1 is 1.24 bits per heavy atom. The first-order valence-corrected chi connectivity index (χ1v) is 8.64. The van der Waals surface area contributed by atoms with Crippen molar-refractivity contribution in [3.63, 3.8) is 0 Å². The first-order chi connectivity index (χ1) is 12.1. The number of anilines is 1. The Labute approximate surface area is 157 Å². The summed E-state index contributed by atoms with van der Waals surface area (Å²) >= 11 is 9.22. The number of hydrogen-bond acceptors (Lipinski definition) is 4. The molecule has 0 radical (unpaired) electrons. The third-order valence-electron chi connectivity index (χ3n) is 3.25. The molecule has 9 heteroatoms. The molecular formula is C16H15BrClN5O2. The van der Waals surface area contributed by atoms with Crippen molar-refractivity contribution in [2.45, 2.75) is 19.7 Å². The molecule has 7 nitrogen and oxygen atoms in total. The highest BCUT2D eigenvalue weighted by Crippen LogP contribution is 2.17. The molecule has 25 heavy (non-hydrogen) atoms. The highest BCUT2D eigenvalue weighted by molar-refractivity contribution is 9.10. The molecule has 0 fully saturated rings. The lowest BCUT2D eigenvalue weighted by Gasteiger charge is -2.06. The van der Waals surface area contributed by atoms with E-state index in [0.29, 0.717) is 29.4 Å². The summed E-state index contributed by atoms with van der Waals surface area (Å²) in [5.41, 5.74) is 0.612. The molecule has 0 aliphatic carbocycles. The number of rotatable bonds is 7. The van der Waals surface area contributed by atoms with Gasteiger partial charge in [-0.1, -0.05) is 17.7 Å². The normalized spacial score (nSPS) is 10.6. The minimum Gasteiger partial charge on any atom is -0.471 e. The van der Waals surface area contributed by atoms with Gasteiger partial charge in [0.2, 0.25) is 5.91 Å². The van der Waals surface area contributed by atoms with Crippen LogP contribution < -0.4 is 10.1 Å². The summed E-state index contributed by atoms with van der Waals surface area (Å²) in [6.07, 6.45) is 7.09. The lowest BCUT2D eigenvalue weighted by Crippen LogP contribution is -2.14. The third-order valence-corrected chi connectivity index (χ3v) is 3.89. The van der Waals surface area contributed by atoms with Crippen LogP contribution in [0.5, 0.6) is 5.75 Å². The molecule has 1 amide bonds. The summed E-state index contributed by atoms with van der Waals surface area (Å²) < 4.78 is 9.75. The van der Waals surface area contributed by atoms with Gasteiger partial charge in [0.25, 0.3) is 0 Å². The Hall–Kier alpha value is -2.32. The fourth-order valence-electron chi connectivity index (χ4n) is 2.10. The number of aromatic nitrogens is 4. The van der Waals surface area contributed by atoms with Crippen LogP contribution in [0.2, 0.25) is 5.02 Å². The molecule has 0 aliphatic heterocycles. The predicted octanol–water partition coefficient (Wildman–Crippen LogP) is 3.56. The van der Waals surface area contributed by atoms with Crippen LogP contribution >= 0.6 is 27.5 Å². The zero-order valence-electron chi connectivity index (χ0n) is 13.1. The second kappa shape index (κ2) is 8.17. The van der Waals surface area contributed by atoms with Gasteiger partial charge in [-0.25, -0.2) is 4.68 Å². The van der Waals surface area contributed by atoms with Crippen LogP contribution in [0.3, 0.4) is 0 Å². The Kier molecular flexibility index (Phi) is 5.72. The van der Waals surface area contributed by atoms with Crippen molar-refractivity contribution in [1.82, 2.24) is 19.6 Å². The van der Waals surface area contributed by atoms with Crippen LogP contribution in [0, 0.1) is 0 Å². The van der Waals surface area contributed by atoms with Gasteiger partial charge in [-0.2, -0.15) is 10.2 Å². The first-order valence-electron chi connectivity index (χ1n) is 7.47. The van der Waals surface area contributed by atoms with Gasteiger partial charge < -0.3 is 10.1 Å². The number of nitrogens with one attached hydrogen (secondary N) is 1. The van der Waals surface area contributed by atoms with E-state index in [4.69, 9.17) is 16.3 Å². The lowest BCUT2D eigenvalue weighted by atomic mass is 10.3. The van der Waals surface area contributed by atoms with Gasteiger partial charge in [0.1, 0.15) is 5.75 Å². The summed E-state index contributed by atoms with van der Waals surface area (Å²) in [4.78, 5) is 12.0. The molecule has 0 unspecified atom stereocenters. The van der Waals surface area contributed by atoms with Crippen LogP contribution in [0.1, 0.15) is 6.42 Å². The summed E-state index contributed by atoms with van der Waals surface area (Å²) in [5.74, 6) is 0.543. The zero-order valence-corrected chi connectivity index (χ0v) is 15.4. The highest BCUT2D eigenvalue weighted by Gasteiger charge is 2.06. The molecule has 0 saturated carbocycles. The van der Waals surface area contributed by atoms with Crippen molar-refractivity contribution in [3.05, 3.63) is 58.5 Å². The van der Waals surface area contributed by atoms with Gasteiger partial charge in [-0.15, -0.1) is 0 Å². The van der Waals surface area contributed by atoms with Gasteiger partial charge in [-0.3, -0.25) is 9.48 Å². The smallest absolute Gasteiger partial charge is 0.226 e. The van der Waals surface area contributed by atoms with Crippen LogP contribution in [0.25, 0.3) is 0 Å². The Morgan fingerprint density at radius 3 is 2.84 bits per heavy atom. The van der Waals surface area contributed by atoms with Gasteiger partial charge in [0.15, 0.2) is 6.73 Å². The van der Waals surface area contributed by atoms with E-state index in [-0.39, 0.29) is 12.6 Å². The van der Waals surface area contributed by atoms with Crippen LogP contribution in [-0.2, 0) is 18.1 Å². The van der Waals surface area contributed by atoms with Crippen LogP contribution in [-0.4, -0.2) is 25.5 Å². The van der Waals surface area contributed by atoms with Crippen molar-refractivity contribution in [2.75, 3.05) is 5.32 Å². The van der Waals surface area contributed by atoms with Gasteiger partial charge in [0.05, 0.1) is 28.8 Å². The van der Waals surface area contributed by atoms with Crippen LogP contribution in [0.4, 0.5) is 5.69 Å². The monoisotopic (exact) mass is 423 g/mol. The first kappa shape index (κ1) is 17.5. The summed E-state index contributed by atoms with van der Waals surface area (Å²) in [6, 6.07) is 7.12. The van der Waals surface area contributed by atoms with E-state index in [1.165, 1.54) is 0 Å². The quantitative estimate of drug-likeness (QED) is 0.629. The number of nitrogens with zero attached hydrogens (tertiary/aromatic N) is 4. The second-order valence-electron chi connectivity index (χ2n) is 5.22. The SMILES string of the molecule is O=C(CCn1cc(Br)cn1)Nc1cnn(COc2cccc(Cl)c2)c1. The summed E-state index contributed by atoms with van der Waals surface area (Å²) in [5, 5.41) is 11.7. The lowest BCUT2D eigenvalue weighted by molar-refractivity contribution is -0.116. The van der Waals surface area contributed by atoms with Crippen molar-refractivity contribution >= 4 is 39.1 Å². The fourth-order valence-corrected chi connectivity index (χ4v) is 2.60. The molecule has 0 aliphatic rings. The maximum absolute atomic E-state index is 12.0. The van der Waals surface area contributed by atoms with E-state index in [2.05, 4.69) is 31.4 Å². The molecule has 1 N–H and O–H groups in total. The highest BCUT2D eigenvalue weighted by atomic mass is 79.9. The number of carbonyl (C=O) groups is 1. The number of aryl methyl sites for hydroxylation is 1. The van der Waals surface area contributed by atoms with Crippen molar-refractivity contribution in [2.24, 2.45) is 0 Å².